The molecule has 0 atom stereocenters. The smallest absolute Gasteiger partial charge is 0.132 e. The third-order valence-electron chi connectivity index (χ3n) is 3.51. The fourth-order valence-electron chi connectivity index (χ4n) is 2.21. The van der Waals surface area contributed by atoms with E-state index in [4.69, 9.17) is 0 Å². The normalized spacial score (nSPS) is 11.3. The summed E-state index contributed by atoms with van der Waals surface area (Å²) in [5, 5.41) is 0. The van der Waals surface area contributed by atoms with Crippen LogP contribution < -0.4 is 0 Å². The predicted octanol–water partition coefficient (Wildman–Crippen LogP) is 6.22. The number of carbonyl (C=O) groups is 1. The summed E-state index contributed by atoms with van der Waals surface area (Å²) in [5.41, 5.74) is 0. The number of carbonyl (C=O) groups excluding carboxylic acids is 1. The third kappa shape index (κ3) is 15.4. The molecule has 1 nitrogen and oxygen atoms in total. The van der Waals surface area contributed by atoms with Crippen LogP contribution in [-0.2, 0) is 4.79 Å². The van der Waals surface area contributed by atoms with Gasteiger partial charge in [-0.15, -0.1) is 0 Å². The van der Waals surface area contributed by atoms with E-state index in [1.807, 2.05) is 0 Å². The Morgan fingerprint density at radius 2 is 1.26 bits per heavy atom. The molecule has 112 valence electrons. The van der Waals surface area contributed by atoms with Gasteiger partial charge in [-0.05, 0) is 32.1 Å². The number of unbranched alkanes of at least 4 members (excludes halogenated alkanes) is 8. The Labute approximate surface area is 120 Å². The molecule has 0 aromatic carbocycles. The topological polar surface area (TPSA) is 17.1 Å². The van der Waals surface area contributed by atoms with Crippen LogP contribution >= 0.6 is 0 Å². The summed E-state index contributed by atoms with van der Waals surface area (Å²) in [6.07, 6.45) is 19.7. The Hall–Kier alpha value is -0.590. The Morgan fingerprint density at radius 3 is 1.95 bits per heavy atom. The molecule has 0 aliphatic heterocycles. The van der Waals surface area contributed by atoms with Crippen molar-refractivity contribution in [3.63, 3.8) is 0 Å². The minimum atomic E-state index is 0.482. The highest BCUT2D eigenvalue weighted by molar-refractivity contribution is 5.78. The maximum atomic E-state index is 11.5. The fraction of sp³-hybridized carbons (Fsp3) is 0.833. The minimum Gasteiger partial charge on any atom is -0.300 e. The first kappa shape index (κ1) is 18.4. The van der Waals surface area contributed by atoms with Gasteiger partial charge in [-0.1, -0.05) is 64.5 Å². The lowest BCUT2D eigenvalue weighted by molar-refractivity contribution is -0.119. The Balaban J connectivity index is 3.15. The van der Waals surface area contributed by atoms with Crippen molar-refractivity contribution in [2.45, 2.75) is 97.3 Å². The second-order valence-electron chi connectivity index (χ2n) is 5.56. The quantitative estimate of drug-likeness (QED) is 0.269. The molecule has 0 aliphatic rings. The maximum absolute atomic E-state index is 11.5. The molecule has 0 spiro atoms. The number of rotatable bonds is 14. The lowest BCUT2D eigenvalue weighted by atomic mass is 10.0. The van der Waals surface area contributed by atoms with Crippen molar-refractivity contribution in [2.24, 2.45) is 0 Å². The van der Waals surface area contributed by atoms with Crippen LogP contribution in [0, 0.1) is 0 Å². The van der Waals surface area contributed by atoms with Crippen molar-refractivity contribution in [1.29, 1.82) is 0 Å². The van der Waals surface area contributed by atoms with E-state index >= 15 is 0 Å². The zero-order valence-corrected chi connectivity index (χ0v) is 13.3. The van der Waals surface area contributed by atoms with Crippen LogP contribution in [0.2, 0.25) is 0 Å². The number of Topliss-reactive ketones (excluding diaryl/α,β-unsaturated/α-hetero) is 1. The van der Waals surface area contributed by atoms with Crippen LogP contribution in [0.25, 0.3) is 0 Å². The van der Waals surface area contributed by atoms with Gasteiger partial charge >= 0.3 is 0 Å². The summed E-state index contributed by atoms with van der Waals surface area (Å²) in [5.74, 6) is 0.482. The molecule has 0 heterocycles. The van der Waals surface area contributed by atoms with E-state index in [2.05, 4.69) is 26.0 Å². The van der Waals surface area contributed by atoms with Gasteiger partial charge in [0.2, 0.25) is 0 Å². The standard InChI is InChI=1S/C18H34O/c1-3-5-7-8-9-10-11-12-13-15-17-18(19)16-14-6-4-2/h7-8H,3-6,9-17H2,1-2H3. The Kier molecular flexibility index (Phi) is 15.0. The first-order chi connectivity index (χ1) is 9.31. The molecule has 0 unspecified atom stereocenters. The Morgan fingerprint density at radius 1 is 0.684 bits per heavy atom. The van der Waals surface area contributed by atoms with Crippen LogP contribution in [0.5, 0.6) is 0 Å². The highest BCUT2D eigenvalue weighted by Crippen LogP contribution is 2.10. The van der Waals surface area contributed by atoms with Gasteiger partial charge in [-0.3, -0.25) is 4.79 Å². The van der Waals surface area contributed by atoms with Crippen molar-refractivity contribution in [2.75, 3.05) is 0 Å². The van der Waals surface area contributed by atoms with Gasteiger partial charge < -0.3 is 0 Å². The van der Waals surface area contributed by atoms with Gasteiger partial charge in [-0.25, -0.2) is 0 Å². The fourth-order valence-corrected chi connectivity index (χ4v) is 2.21. The molecule has 0 bridgehead atoms. The molecule has 0 aromatic rings. The summed E-state index contributed by atoms with van der Waals surface area (Å²) in [6.45, 7) is 4.40. The molecule has 0 N–H and O–H groups in total. The van der Waals surface area contributed by atoms with E-state index in [0.29, 0.717) is 5.78 Å². The van der Waals surface area contributed by atoms with E-state index in [-0.39, 0.29) is 0 Å². The van der Waals surface area contributed by atoms with Crippen LogP contribution in [-0.4, -0.2) is 5.78 Å². The highest BCUT2D eigenvalue weighted by atomic mass is 16.1. The number of hydrogen-bond acceptors (Lipinski definition) is 1. The monoisotopic (exact) mass is 266 g/mol. The summed E-state index contributed by atoms with van der Waals surface area (Å²) in [7, 11) is 0. The third-order valence-corrected chi connectivity index (χ3v) is 3.51. The van der Waals surface area contributed by atoms with Crippen LogP contribution in [0.15, 0.2) is 12.2 Å². The molecule has 0 amide bonds. The summed E-state index contributed by atoms with van der Waals surface area (Å²) in [4.78, 5) is 11.5. The average Bonchev–Trinajstić information content (AvgIpc) is 2.41. The first-order valence-corrected chi connectivity index (χ1v) is 8.48. The largest absolute Gasteiger partial charge is 0.300 e. The van der Waals surface area contributed by atoms with Crippen molar-refractivity contribution in [3.05, 3.63) is 12.2 Å². The zero-order valence-electron chi connectivity index (χ0n) is 13.3. The molecular formula is C18H34O. The van der Waals surface area contributed by atoms with Crippen molar-refractivity contribution in [3.8, 4) is 0 Å². The van der Waals surface area contributed by atoms with E-state index in [0.717, 1.165) is 25.7 Å². The SMILES string of the molecule is CCCC=CCCCCCCCC(=O)CCCCC. The molecule has 0 saturated heterocycles. The highest BCUT2D eigenvalue weighted by Gasteiger charge is 2.00. The minimum absolute atomic E-state index is 0.482. The van der Waals surface area contributed by atoms with Crippen LogP contribution in [0.3, 0.4) is 0 Å². The summed E-state index contributed by atoms with van der Waals surface area (Å²) >= 11 is 0. The number of hydrogen-bond donors (Lipinski definition) is 0. The Bertz CT molecular complexity index is 218. The van der Waals surface area contributed by atoms with E-state index < -0.39 is 0 Å². The zero-order chi connectivity index (χ0) is 14.2. The van der Waals surface area contributed by atoms with Gasteiger partial charge in [0.25, 0.3) is 0 Å². The molecule has 0 saturated carbocycles. The number of ketones is 1. The van der Waals surface area contributed by atoms with Gasteiger partial charge in [0.05, 0.1) is 0 Å². The molecule has 0 radical (unpaired) electrons. The number of allylic oxidation sites excluding steroid dienone is 2. The molecule has 0 rings (SSSR count). The summed E-state index contributed by atoms with van der Waals surface area (Å²) < 4.78 is 0. The van der Waals surface area contributed by atoms with Crippen molar-refractivity contribution >= 4 is 5.78 Å². The van der Waals surface area contributed by atoms with Crippen molar-refractivity contribution in [1.82, 2.24) is 0 Å². The van der Waals surface area contributed by atoms with Crippen molar-refractivity contribution < 1.29 is 4.79 Å². The molecule has 0 aromatic heterocycles. The van der Waals surface area contributed by atoms with E-state index in [1.54, 1.807) is 0 Å². The van der Waals surface area contributed by atoms with Gasteiger partial charge in [0.1, 0.15) is 5.78 Å². The summed E-state index contributed by atoms with van der Waals surface area (Å²) in [6, 6.07) is 0. The van der Waals surface area contributed by atoms with Gasteiger partial charge in [0.15, 0.2) is 0 Å². The maximum Gasteiger partial charge on any atom is 0.132 e. The molecule has 0 fully saturated rings. The molecular weight excluding hydrogens is 232 g/mol. The average molecular weight is 266 g/mol. The molecule has 19 heavy (non-hydrogen) atoms. The predicted molar refractivity (Wildman–Crippen MR) is 85.5 cm³/mol. The molecule has 1 heteroatoms. The van der Waals surface area contributed by atoms with E-state index in [9.17, 15) is 4.79 Å². The lowest BCUT2D eigenvalue weighted by Crippen LogP contribution is -1.97. The van der Waals surface area contributed by atoms with Gasteiger partial charge in [0, 0.05) is 12.8 Å². The second kappa shape index (κ2) is 15.5. The second-order valence-corrected chi connectivity index (χ2v) is 5.56. The lowest BCUT2D eigenvalue weighted by Gasteiger charge is -2.01. The molecule has 0 aliphatic carbocycles. The van der Waals surface area contributed by atoms with E-state index in [1.165, 1.54) is 57.8 Å². The first-order valence-electron chi connectivity index (χ1n) is 8.48. The van der Waals surface area contributed by atoms with Crippen LogP contribution in [0.4, 0.5) is 0 Å². The van der Waals surface area contributed by atoms with Crippen LogP contribution in [0.1, 0.15) is 97.3 Å². The van der Waals surface area contributed by atoms with Gasteiger partial charge in [-0.2, -0.15) is 0 Å².